The Bertz CT molecular complexity index is 459. The highest BCUT2D eigenvalue weighted by Gasteiger charge is 2.37. The van der Waals surface area contributed by atoms with Gasteiger partial charge in [0.25, 0.3) is 0 Å². The van der Waals surface area contributed by atoms with Gasteiger partial charge in [-0.25, -0.2) is 4.39 Å². The molecule has 0 unspecified atom stereocenters. The fourth-order valence-corrected chi connectivity index (χ4v) is 2.56. The number of aliphatic hydroxyl groups is 1. The van der Waals surface area contributed by atoms with Gasteiger partial charge in [-0.2, -0.15) is 13.2 Å². The summed E-state index contributed by atoms with van der Waals surface area (Å²) in [5.41, 5.74) is -2.24. The largest absolute Gasteiger partial charge is 0.419 e. The summed E-state index contributed by atoms with van der Waals surface area (Å²) >= 11 is 0. The van der Waals surface area contributed by atoms with E-state index in [4.69, 9.17) is 0 Å². The van der Waals surface area contributed by atoms with Crippen LogP contribution in [0.2, 0.25) is 0 Å². The van der Waals surface area contributed by atoms with Crippen LogP contribution < -0.4 is 0 Å². The SMILES string of the molecule is CC1CCC(O)(c2ccc(C(F)(F)F)c(F)c2)CC1. The second-order valence-electron chi connectivity index (χ2n) is 5.41. The van der Waals surface area contributed by atoms with Gasteiger partial charge in [-0.05, 0) is 49.3 Å². The Hall–Kier alpha value is -1.10. The summed E-state index contributed by atoms with van der Waals surface area (Å²) in [6.07, 6.45) is -2.21. The Balaban J connectivity index is 2.30. The molecule has 1 aliphatic rings. The number of rotatable bonds is 1. The van der Waals surface area contributed by atoms with Crippen LogP contribution in [0.15, 0.2) is 18.2 Å². The smallest absolute Gasteiger partial charge is 0.385 e. The number of halogens is 4. The first kappa shape index (κ1) is 14.3. The Morgan fingerprint density at radius 2 is 1.79 bits per heavy atom. The van der Waals surface area contributed by atoms with Crippen molar-refractivity contribution in [2.45, 2.75) is 44.4 Å². The maximum Gasteiger partial charge on any atom is 0.419 e. The van der Waals surface area contributed by atoms with Gasteiger partial charge in [-0.15, -0.1) is 0 Å². The van der Waals surface area contributed by atoms with E-state index in [1.54, 1.807) is 0 Å². The Labute approximate surface area is 109 Å². The molecule has 1 saturated carbocycles. The van der Waals surface area contributed by atoms with Gasteiger partial charge in [0.1, 0.15) is 5.82 Å². The number of benzene rings is 1. The van der Waals surface area contributed by atoms with Crippen molar-refractivity contribution >= 4 is 0 Å². The van der Waals surface area contributed by atoms with E-state index in [-0.39, 0.29) is 5.56 Å². The first-order valence-electron chi connectivity index (χ1n) is 6.32. The Kier molecular flexibility index (Phi) is 3.60. The first-order valence-corrected chi connectivity index (χ1v) is 6.32. The second kappa shape index (κ2) is 4.78. The molecule has 0 atom stereocenters. The summed E-state index contributed by atoms with van der Waals surface area (Å²) < 4.78 is 50.9. The van der Waals surface area contributed by atoms with Crippen molar-refractivity contribution < 1.29 is 22.7 Å². The average Bonchev–Trinajstić information content (AvgIpc) is 2.31. The molecule has 0 spiro atoms. The van der Waals surface area contributed by atoms with Crippen molar-refractivity contribution in [3.8, 4) is 0 Å². The van der Waals surface area contributed by atoms with Crippen molar-refractivity contribution in [3.63, 3.8) is 0 Å². The molecular weight excluding hydrogens is 260 g/mol. The van der Waals surface area contributed by atoms with Gasteiger partial charge in [0.15, 0.2) is 0 Å². The van der Waals surface area contributed by atoms with E-state index in [1.165, 1.54) is 6.07 Å². The number of hydrogen-bond donors (Lipinski definition) is 1. The van der Waals surface area contributed by atoms with E-state index >= 15 is 0 Å². The molecule has 0 saturated heterocycles. The average molecular weight is 276 g/mol. The highest BCUT2D eigenvalue weighted by molar-refractivity contribution is 5.30. The highest BCUT2D eigenvalue weighted by atomic mass is 19.4. The quantitative estimate of drug-likeness (QED) is 0.760. The maximum atomic E-state index is 13.5. The minimum absolute atomic E-state index is 0.241. The van der Waals surface area contributed by atoms with E-state index in [2.05, 4.69) is 6.92 Å². The molecule has 0 aromatic heterocycles. The molecule has 2 rings (SSSR count). The minimum atomic E-state index is -4.70. The molecule has 0 bridgehead atoms. The fourth-order valence-electron chi connectivity index (χ4n) is 2.56. The lowest BCUT2D eigenvalue weighted by molar-refractivity contribution is -0.140. The van der Waals surface area contributed by atoms with Crippen LogP contribution in [-0.2, 0) is 11.8 Å². The third-order valence-corrected chi connectivity index (χ3v) is 3.91. The third-order valence-electron chi connectivity index (χ3n) is 3.91. The van der Waals surface area contributed by atoms with Crippen molar-refractivity contribution in [2.24, 2.45) is 5.92 Å². The molecule has 1 N–H and O–H groups in total. The van der Waals surface area contributed by atoms with Gasteiger partial charge in [-0.1, -0.05) is 13.0 Å². The van der Waals surface area contributed by atoms with Crippen LogP contribution in [-0.4, -0.2) is 5.11 Å². The van der Waals surface area contributed by atoms with Crippen molar-refractivity contribution in [3.05, 3.63) is 35.1 Å². The van der Waals surface area contributed by atoms with Crippen LogP contribution in [0, 0.1) is 11.7 Å². The molecule has 5 heteroatoms. The van der Waals surface area contributed by atoms with Gasteiger partial charge >= 0.3 is 6.18 Å². The minimum Gasteiger partial charge on any atom is -0.385 e. The standard InChI is InChI=1S/C14H16F4O/c1-9-4-6-13(19,7-5-9)10-2-3-11(12(15)8-10)14(16,17)18/h2-3,8-9,19H,4-7H2,1H3. The zero-order valence-electron chi connectivity index (χ0n) is 10.6. The summed E-state index contributed by atoms with van der Waals surface area (Å²) in [5, 5.41) is 10.4. The molecule has 1 nitrogen and oxygen atoms in total. The summed E-state index contributed by atoms with van der Waals surface area (Å²) in [6, 6.07) is 2.71. The molecule has 1 fully saturated rings. The van der Waals surface area contributed by atoms with E-state index in [0.29, 0.717) is 24.8 Å². The lowest BCUT2D eigenvalue weighted by atomic mass is 9.75. The van der Waals surface area contributed by atoms with Gasteiger partial charge in [0.2, 0.25) is 0 Å². The predicted octanol–water partition coefficient (Wildman–Crippen LogP) is 4.24. The predicted molar refractivity (Wildman–Crippen MR) is 62.9 cm³/mol. The summed E-state index contributed by atoms with van der Waals surface area (Å²) in [5.74, 6) is -0.836. The van der Waals surface area contributed by atoms with Crippen LogP contribution in [0.3, 0.4) is 0 Å². The van der Waals surface area contributed by atoms with Crippen LogP contribution >= 0.6 is 0 Å². The van der Waals surface area contributed by atoms with Crippen LogP contribution in [0.1, 0.15) is 43.7 Å². The molecular formula is C14H16F4O. The zero-order valence-corrected chi connectivity index (χ0v) is 10.6. The third kappa shape index (κ3) is 2.91. The van der Waals surface area contributed by atoms with Crippen molar-refractivity contribution in [2.75, 3.05) is 0 Å². The van der Waals surface area contributed by atoms with Gasteiger partial charge < -0.3 is 5.11 Å². The lowest BCUT2D eigenvalue weighted by Crippen LogP contribution is -2.31. The molecule has 0 radical (unpaired) electrons. The highest BCUT2D eigenvalue weighted by Crippen LogP contribution is 2.41. The molecule has 1 aromatic rings. The Morgan fingerprint density at radius 1 is 1.21 bits per heavy atom. The molecule has 0 heterocycles. The monoisotopic (exact) mass is 276 g/mol. The Morgan fingerprint density at radius 3 is 2.26 bits per heavy atom. The van der Waals surface area contributed by atoms with Crippen molar-refractivity contribution in [1.29, 1.82) is 0 Å². The van der Waals surface area contributed by atoms with Gasteiger partial charge in [0, 0.05) is 0 Å². The molecule has 1 aliphatic carbocycles. The van der Waals surface area contributed by atoms with Crippen LogP contribution in [0.5, 0.6) is 0 Å². The topological polar surface area (TPSA) is 20.2 Å². The zero-order chi connectivity index (χ0) is 14.3. The molecule has 0 aliphatic heterocycles. The van der Waals surface area contributed by atoms with Crippen LogP contribution in [0.25, 0.3) is 0 Å². The van der Waals surface area contributed by atoms with Crippen molar-refractivity contribution in [1.82, 2.24) is 0 Å². The number of hydrogen-bond acceptors (Lipinski definition) is 1. The molecule has 19 heavy (non-hydrogen) atoms. The number of alkyl halides is 3. The maximum absolute atomic E-state index is 13.5. The summed E-state index contributed by atoms with van der Waals surface area (Å²) in [7, 11) is 0. The van der Waals surface area contributed by atoms with E-state index < -0.39 is 23.2 Å². The van der Waals surface area contributed by atoms with E-state index in [9.17, 15) is 22.7 Å². The molecule has 1 aromatic carbocycles. The first-order chi connectivity index (χ1) is 8.72. The molecule has 106 valence electrons. The van der Waals surface area contributed by atoms with Crippen LogP contribution in [0.4, 0.5) is 17.6 Å². The van der Waals surface area contributed by atoms with Gasteiger partial charge in [-0.3, -0.25) is 0 Å². The summed E-state index contributed by atoms with van der Waals surface area (Å²) in [6.45, 7) is 2.06. The van der Waals surface area contributed by atoms with E-state index in [0.717, 1.165) is 18.9 Å². The summed E-state index contributed by atoms with van der Waals surface area (Å²) in [4.78, 5) is 0. The fraction of sp³-hybridized carbons (Fsp3) is 0.571. The lowest BCUT2D eigenvalue weighted by Gasteiger charge is -2.35. The second-order valence-corrected chi connectivity index (χ2v) is 5.41. The van der Waals surface area contributed by atoms with E-state index in [1.807, 2.05) is 0 Å². The van der Waals surface area contributed by atoms with Gasteiger partial charge in [0.05, 0.1) is 11.2 Å². The molecule has 0 amide bonds. The normalized spacial score (nSPS) is 28.4.